The van der Waals surface area contributed by atoms with E-state index >= 15 is 0 Å². The van der Waals surface area contributed by atoms with Crippen LogP contribution in [0.25, 0.3) is 0 Å². The van der Waals surface area contributed by atoms with E-state index in [-0.39, 0.29) is 0 Å². The van der Waals surface area contributed by atoms with Crippen molar-refractivity contribution < 1.29 is 0 Å². The lowest BCUT2D eigenvalue weighted by Crippen LogP contribution is -1.97. The van der Waals surface area contributed by atoms with Gasteiger partial charge in [0.15, 0.2) is 0 Å². The SMILES string of the molecule is [CH2]CC(CCC)c1ccccc1Cl. The molecule has 0 aromatic heterocycles. The second-order valence-electron chi connectivity index (χ2n) is 3.30. The molecular weight excluding hydrogens is 180 g/mol. The lowest BCUT2D eigenvalue weighted by Gasteiger charge is -2.15. The summed E-state index contributed by atoms with van der Waals surface area (Å²) in [5, 5.41) is 0.879. The topological polar surface area (TPSA) is 0 Å². The third kappa shape index (κ3) is 2.73. The Hall–Kier alpha value is -0.490. The van der Waals surface area contributed by atoms with Gasteiger partial charge in [0.2, 0.25) is 0 Å². The van der Waals surface area contributed by atoms with Gasteiger partial charge in [-0.1, -0.05) is 50.1 Å². The molecule has 0 bridgehead atoms. The van der Waals surface area contributed by atoms with Gasteiger partial charge >= 0.3 is 0 Å². The van der Waals surface area contributed by atoms with Crippen LogP contribution in [0.3, 0.4) is 0 Å². The van der Waals surface area contributed by atoms with Crippen molar-refractivity contribution >= 4 is 11.6 Å². The van der Waals surface area contributed by atoms with Crippen LogP contribution in [-0.4, -0.2) is 0 Å². The monoisotopic (exact) mass is 195 g/mol. The summed E-state index contributed by atoms with van der Waals surface area (Å²) in [5.74, 6) is 0.527. The Balaban J connectivity index is 2.84. The van der Waals surface area contributed by atoms with E-state index in [0.717, 1.165) is 11.4 Å². The van der Waals surface area contributed by atoms with E-state index in [0.29, 0.717) is 5.92 Å². The van der Waals surface area contributed by atoms with Gasteiger partial charge in [0.1, 0.15) is 0 Å². The van der Waals surface area contributed by atoms with Crippen LogP contribution in [0.1, 0.15) is 37.7 Å². The number of hydrogen-bond acceptors (Lipinski definition) is 0. The lowest BCUT2D eigenvalue weighted by molar-refractivity contribution is 0.619. The van der Waals surface area contributed by atoms with Gasteiger partial charge in [0.25, 0.3) is 0 Å². The molecule has 0 aliphatic carbocycles. The molecule has 0 saturated heterocycles. The summed E-state index contributed by atoms with van der Waals surface area (Å²) in [6, 6.07) is 8.07. The van der Waals surface area contributed by atoms with Gasteiger partial charge in [-0.3, -0.25) is 0 Å². The van der Waals surface area contributed by atoms with Gasteiger partial charge in [0.05, 0.1) is 0 Å². The van der Waals surface area contributed by atoms with Crippen LogP contribution in [0, 0.1) is 6.92 Å². The molecule has 0 saturated carbocycles. The van der Waals surface area contributed by atoms with E-state index in [4.69, 9.17) is 11.6 Å². The fourth-order valence-corrected chi connectivity index (χ4v) is 1.90. The first-order valence-electron chi connectivity index (χ1n) is 4.83. The zero-order chi connectivity index (χ0) is 9.68. The highest BCUT2D eigenvalue weighted by Crippen LogP contribution is 2.29. The number of hydrogen-bond donors (Lipinski definition) is 0. The predicted molar refractivity (Wildman–Crippen MR) is 59.1 cm³/mol. The molecule has 0 N–H and O–H groups in total. The lowest BCUT2D eigenvalue weighted by atomic mass is 9.92. The molecule has 0 heterocycles. The van der Waals surface area contributed by atoms with Crippen LogP contribution >= 0.6 is 11.6 Å². The van der Waals surface area contributed by atoms with E-state index in [1.165, 1.54) is 18.4 Å². The largest absolute Gasteiger partial charge is 0.0840 e. The Morgan fingerprint density at radius 1 is 1.38 bits per heavy atom. The van der Waals surface area contributed by atoms with Crippen LogP contribution < -0.4 is 0 Å². The minimum atomic E-state index is 0.527. The second kappa shape index (κ2) is 5.29. The van der Waals surface area contributed by atoms with E-state index in [2.05, 4.69) is 19.9 Å². The van der Waals surface area contributed by atoms with Gasteiger partial charge in [0, 0.05) is 5.02 Å². The van der Waals surface area contributed by atoms with Crippen LogP contribution in [0.2, 0.25) is 5.02 Å². The molecule has 1 heteroatoms. The Bertz CT molecular complexity index is 255. The summed E-state index contributed by atoms with van der Waals surface area (Å²) < 4.78 is 0. The third-order valence-corrected chi connectivity index (χ3v) is 2.67. The molecule has 1 radical (unpaired) electrons. The van der Waals surface area contributed by atoms with Crippen molar-refractivity contribution in [1.29, 1.82) is 0 Å². The number of rotatable bonds is 4. The first kappa shape index (κ1) is 10.6. The highest BCUT2D eigenvalue weighted by atomic mass is 35.5. The van der Waals surface area contributed by atoms with E-state index in [1.54, 1.807) is 0 Å². The van der Waals surface area contributed by atoms with E-state index < -0.39 is 0 Å². The molecule has 1 aromatic rings. The molecule has 1 aromatic carbocycles. The van der Waals surface area contributed by atoms with Crippen molar-refractivity contribution in [3.63, 3.8) is 0 Å². The molecule has 0 aliphatic heterocycles. The maximum absolute atomic E-state index is 6.11. The Morgan fingerprint density at radius 2 is 2.08 bits per heavy atom. The molecule has 1 unspecified atom stereocenters. The maximum atomic E-state index is 6.11. The van der Waals surface area contributed by atoms with Crippen LogP contribution in [-0.2, 0) is 0 Å². The normalized spacial score (nSPS) is 12.8. The van der Waals surface area contributed by atoms with Crippen LogP contribution in [0.5, 0.6) is 0 Å². The zero-order valence-electron chi connectivity index (χ0n) is 8.09. The van der Waals surface area contributed by atoms with Gasteiger partial charge in [-0.25, -0.2) is 0 Å². The average molecular weight is 196 g/mol. The van der Waals surface area contributed by atoms with Crippen molar-refractivity contribution in [2.24, 2.45) is 0 Å². The highest BCUT2D eigenvalue weighted by Gasteiger charge is 2.10. The predicted octanol–water partition coefficient (Wildman–Crippen LogP) is 4.45. The maximum Gasteiger partial charge on any atom is 0.0440 e. The molecular formula is C12H16Cl. The Labute approximate surface area is 85.9 Å². The minimum absolute atomic E-state index is 0.527. The van der Waals surface area contributed by atoms with Crippen molar-refractivity contribution in [2.75, 3.05) is 0 Å². The van der Waals surface area contributed by atoms with Gasteiger partial charge in [-0.15, -0.1) is 0 Å². The standard InChI is InChI=1S/C12H16Cl/c1-3-7-10(4-2)11-8-5-6-9-12(11)13/h5-6,8-10H,2-4,7H2,1H3. The summed E-state index contributed by atoms with van der Waals surface area (Å²) in [4.78, 5) is 0. The molecule has 1 atom stereocenters. The van der Waals surface area contributed by atoms with E-state index in [1.807, 2.05) is 18.2 Å². The summed E-state index contributed by atoms with van der Waals surface area (Å²) in [6.45, 7) is 6.16. The van der Waals surface area contributed by atoms with Crippen molar-refractivity contribution in [1.82, 2.24) is 0 Å². The molecule has 0 spiro atoms. The molecule has 0 fully saturated rings. The third-order valence-electron chi connectivity index (χ3n) is 2.33. The highest BCUT2D eigenvalue weighted by molar-refractivity contribution is 6.31. The summed E-state index contributed by atoms with van der Waals surface area (Å²) in [6.07, 6.45) is 3.29. The van der Waals surface area contributed by atoms with Crippen LogP contribution in [0.4, 0.5) is 0 Å². The van der Waals surface area contributed by atoms with Crippen LogP contribution in [0.15, 0.2) is 24.3 Å². The summed E-state index contributed by atoms with van der Waals surface area (Å²) in [5.41, 5.74) is 1.25. The molecule has 71 valence electrons. The smallest absolute Gasteiger partial charge is 0.0440 e. The number of halogens is 1. The van der Waals surface area contributed by atoms with E-state index in [9.17, 15) is 0 Å². The fourth-order valence-electron chi connectivity index (χ4n) is 1.61. The van der Waals surface area contributed by atoms with Gasteiger partial charge in [-0.2, -0.15) is 0 Å². The summed E-state index contributed by atoms with van der Waals surface area (Å²) >= 11 is 6.11. The molecule has 1 rings (SSSR count). The minimum Gasteiger partial charge on any atom is -0.0840 e. The fraction of sp³-hybridized carbons (Fsp3) is 0.417. The molecule has 0 aliphatic rings. The van der Waals surface area contributed by atoms with Crippen molar-refractivity contribution in [2.45, 2.75) is 32.1 Å². The molecule has 13 heavy (non-hydrogen) atoms. The number of benzene rings is 1. The quantitative estimate of drug-likeness (QED) is 0.666. The second-order valence-corrected chi connectivity index (χ2v) is 3.70. The molecule has 0 amide bonds. The van der Waals surface area contributed by atoms with Gasteiger partial charge < -0.3 is 0 Å². The Kier molecular flexibility index (Phi) is 4.31. The average Bonchev–Trinajstić information content (AvgIpc) is 2.16. The Morgan fingerprint density at radius 3 is 2.62 bits per heavy atom. The first-order valence-corrected chi connectivity index (χ1v) is 5.21. The first-order chi connectivity index (χ1) is 6.29. The van der Waals surface area contributed by atoms with Gasteiger partial charge in [-0.05, 0) is 30.4 Å². The molecule has 0 nitrogen and oxygen atoms in total. The zero-order valence-corrected chi connectivity index (χ0v) is 8.85. The van der Waals surface area contributed by atoms with Crippen molar-refractivity contribution in [3.8, 4) is 0 Å². The summed E-state index contributed by atoms with van der Waals surface area (Å²) in [7, 11) is 0. The van der Waals surface area contributed by atoms with Crippen molar-refractivity contribution in [3.05, 3.63) is 41.8 Å².